The lowest BCUT2D eigenvalue weighted by Gasteiger charge is -2.44. The van der Waals surface area contributed by atoms with E-state index in [0.29, 0.717) is 18.7 Å². The molecule has 2 aliphatic heterocycles. The van der Waals surface area contributed by atoms with Crippen LogP contribution in [-0.4, -0.2) is 58.4 Å². The monoisotopic (exact) mass is 375 g/mol. The van der Waals surface area contributed by atoms with Crippen LogP contribution in [0.2, 0.25) is 0 Å². The van der Waals surface area contributed by atoms with E-state index in [1.54, 1.807) is 11.8 Å². The molecule has 0 aliphatic carbocycles. The van der Waals surface area contributed by atoms with E-state index in [4.69, 9.17) is 0 Å². The number of benzene rings is 1. The predicted octanol–water partition coefficient (Wildman–Crippen LogP) is 2.39. The topological polar surface area (TPSA) is 52.7 Å². The Morgan fingerprint density at radius 3 is 2.50 bits per heavy atom. The van der Waals surface area contributed by atoms with Gasteiger partial charge in [-0.05, 0) is 32.4 Å². The largest absolute Gasteiger partial charge is 0.350 e. The lowest BCUT2D eigenvalue weighted by atomic mass is 10.00. The van der Waals surface area contributed by atoms with Gasteiger partial charge in [-0.25, -0.2) is 0 Å². The fourth-order valence-corrected chi connectivity index (χ4v) is 5.40. The highest BCUT2D eigenvalue weighted by Crippen LogP contribution is 2.46. The molecular formula is C20H29N3O2S. The fraction of sp³-hybridized carbons (Fsp3) is 0.600. The molecule has 6 heteroatoms. The summed E-state index contributed by atoms with van der Waals surface area (Å²) >= 11 is 1.80. The Balaban J connectivity index is 1.70. The molecule has 2 fully saturated rings. The quantitative estimate of drug-likeness (QED) is 0.878. The molecule has 0 unspecified atom stereocenters. The van der Waals surface area contributed by atoms with Crippen LogP contribution in [0.25, 0.3) is 0 Å². The lowest BCUT2D eigenvalue weighted by Crippen LogP contribution is -2.57. The van der Waals surface area contributed by atoms with Crippen molar-refractivity contribution in [3.63, 3.8) is 0 Å². The van der Waals surface area contributed by atoms with Crippen molar-refractivity contribution < 1.29 is 9.59 Å². The van der Waals surface area contributed by atoms with E-state index in [2.05, 4.69) is 17.3 Å². The molecule has 2 heterocycles. The fourth-order valence-electron chi connectivity index (χ4n) is 3.79. The molecule has 2 saturated heterocycles. The van der Waals surface area contributed by atoms with Crippen molar-refractivity contribution >= 4 is 23.6 Å². The van der Waals surface area contributed by atoms with Gasteiger partial charge in [0.05, 0.1) is 4.87 Å². The van der Waals surface area contributed by atoms with Crippen LogP contribution in [0.3, 0.4) is 0 Å². The number of carbonyl (C=O) groups excluding carboxylic acids is 2. The summed E-state index contributed by atoms with van der Waals surface area (Å²) in [5.74, 6) is 0.751. The molecule has 0 bridgehead atoms. The number of hydrogen-bond acceptors (Lipinski definition) is 4. The highest BCUT2D eigenvalue weighted by molar-refractivity contribution is 8.01. The van der Waals surface area contributed by atoms with Crippen molar-refractivity contribution in [2.45, 2.75) is 50.6 Å². The first kappa shape index (κ1) is 19.2. The predicted molar refractivity (Wildman–Crippen MR) is 106 cm³/mol. The molecule has 1 N–H and O–H groups in total. The van der Waals surface area contributed by atoms with Gasteiger partial charge in [-0.15, -0.1) is 11.8 Å². The van der Waals surface area contributed by atoms with Gasteiger partial charge in [-0.2, -0.15) is 0 Å². The number of rotatable bonds is 4. The van der Waals surface area contributed by atoms with Gasteiger partial charge in [0.15, 0.2) is 0 Å². The second kappa shape index (κ2) is 8.01. The summed E-state index contributed by atoms with van der Waals surface area (Å²) in [5.41, 5.74) is 2.29. The maximum atomic E-state index is 12.9. The normalized spacial score (nSPS) is 22.6. The van der Waals surface area contributed by atoms with Gasteiger partial charge in [-0.1, -0.05) is 36.8 Å². The Hall–Kier alpha value is -1.53. The van der Waals surface area contributed by atoms with Gasteiger partial charge in [0.25, 0.3) is 0 Å². The molecule has 5 nitrogen and oxygen atoms in total. The average Bonchev–Trinajstić information content (AvgIpc) is 3.02. The van der Waals surface area contributed by atoms with Crippen molar-refractivity contribution in [3.8, 4) is 0 Å². The zero-order valence-corrected chi connectivity index (χ0v) is 16.8. The molecule has 3 rings (SSSR count). The first-order valence-corrected chi connectivity index (χ1v) is 10.4. The van der Waals surface area contributed by atoms with Gasteiger partial charge in [0, 0.05) is 31.8 Å². The highest BCUT2D eigenvalue weighted by Gasteiger charge is 2.52. The first-order valence-electron chi connectivity index (χ1n) is 9.43. The summed E-state index contributed by atoms with van der Waals surface area (Å²) in [6.07, 6.45) is 2.31. The summed E-state index contributed by atoms with van der Waals surface area (Å²) in [6.45, 7) is 6.38. The van der Waals surface area contributed by atoms with Crippen molar-refractivity contribution in [1.29, 1.82) is 0 Å². The third kappa shape index (κ3) is 3.91. The Bertz CT molecular complexity index is 654. The third-order valence-electron chi connectivity index (χ3n) is 5.49. The molecule has 2 aliphatic rings. The Morgan fingerprint density at radius 1 is 1.23 bits per heavy atom. The van der Waals surface area contributed by atoms with E-state index in [0.717, 1.165) is 31.5 Å². The third-order valence-corrected chi connectivity index (χ3v) is 7.11. The molecule has 0 radical (unpaired) electrons. The van der Waals surface area contributed by atoms with Crippen LogP contribution in [0, 0.1) is 6.92 Å². The molecule has 0 aromatic heterocycles. The molecule has 0 saturated carbocycles. The Kier molecular flexibility index (Phi) is 5.92. The van der Waals surface area contributed by atoms with Crippen LogP contribution in [0.1, 0.15) is 37.3 Å². The van der Waals surface area contributed by atoms with Crippen LogP contribution in [0.5, 0.6) is 0 Å². The van der Waals surface area contributed by atoms with Crippen molar-refractivity contribution in [2.75, 3.05) is 25.9 Å². The molecular weight excluding hydrogens is 346 g/mol. The maximum Gasteiger partial charge on any atom is 0.243 e. The molecule has 1 atom stereocenters. The number of aryl methyl sites for hydroxylation is 1. The minimum atomic E-state index is -0.360. The average molecular weight is 376 g/mol. The maximum absolute atomic E-state index is 12.9. The number of likely N-dealkylation sites (tertiary alicyclic amines) is 1. The van der Waals surface area contributed by atoms with E-state index in [-0.39, 0.29) is 22.7 Å². The summed E-state index contributed by atoms with van der Waals surface area (Å²) in [4.78, 5) is 29.6. The van der Waals surface area contributed by atoms with E-state index in [1.165, 1.54) is 5.56 Å². The van der Waals surface area contributed by atoms with Crippen LogP contribution in [-0.2, 0) is 16.1 Å². The standard InChI is InChI=1S/C20H29N3O2S/c1-4-18(24)23-17(14-26-20(23)9-11-22(3)12-10-20)19(25)21-13-16-7-5-15(2)6-8-16/h5-8,17H,4,9-14H2,1-3H3,(H,21,25)/t17-/m0/s1. The van der Waals surface area contributed by atoms with Gasteiger partial charge >= 0.3 is 0 Å². The number of piperidine rings is 1. The van der Waals surface area contributed by atoms with E-state index >= 15 is 0 Å². The lowest BCUT2D eigenvalue weighted by molar-refractivity contribution is -0.143. The van der Waals surface area contributed by atoms with Gasteiger partial charge < -0.3 is 15.1 Å². The van der Waals surface area contributed by atoms with Gasteiger partial charge in [0.1, 0.15) is 6.04 Å². The Labute approximate surface area is 160 Å². The van der Waals surface area contributed by atoms with Crippen molar-refractivity contribution in [1.82, 2.24) is 15.1 Å². The van der Waals surface area contributed by atoms with E-state index in [9.17, 15) is 9.59 Å². The summed E-state index contributed by atoms with van der Waals surface area (Å²) < 4.78 is 0. The first-order chi connectivity index (χ1) is 12.4. The number of hydrogen-bond donors (Lipinski definition) is 1. The van der Waals surface area contributed by atoms with Crippen molar-refractivity contribution in [3.05, 3.63) is 35.4 Å². The number of amides is 2. The SMILES string of the molecule is CCC(=O)N1[C@H](C(=O)NCc2ccc(C)cc2)CSC12CCN(C)CC2. The molecule has 2 amide bonds. The second-order valence-electron chi connectivity index (χ2n) is 7.40. The van der Waals surface area contributed by atoms with Crippen LogP contribution >= 0.6 is 11.8 Å². The smallest absolute Gasteiger partial charge is 0.243 e. The number of nitrogens with one attached hydrogen (secondary N) is 1. The Morgan fingerprint density at radius 2 is 1.88 bits per heavy atom. The summed E-state index contributed by atoms with van der Waals surface area (Å²) in [6, 6.07) is 7.81. The number of carbonyl (C=O) groups is 2. The number of nitrogens with zero attached hydrogens (tertiary/aromatic N) is 2. The zero-order chi connectivity index (χ0) is 18.7. The molecule has 142 valence electrons. The van der Waals surface area contributed by atoms with E-state index < -0.39 is 0 Å². The minimum absolute atomic E-state index is 0.0318. The minimum Gasteiger partial charge on any atom is -0.350 e. The summed E-state index contributed by atoms with van der Waals surface area (Å²) in [7, 11) is 2.12. The summed E-state index contributed by atoms with van der Waals surface area (Å²) in [5, 5.41) is 3.04. The molecule has 26 heavy (non-hydrogen) atoms. The van der Waals surface area contributed by atoms with Crippen molar-refractivity contribution in [2.24, 2.45) is 0 Å². The van der Waals surface area contributed by atoms with E-state index in [1.807, 2.05) is 43.0 Å². The van der Waals surface area contributed by atoms with Gasteiger partial charge in [-0.3, -0.25) is 9.59 Å². The molecule has 1 aromatic rings. The zero-order valence-electron chi connectivity index (χ0n) is 16.0. The van der Waals surface area contributed by atoms with Crippen LogP contribution < -0.4 is 5.32 Å². The second-order valence-corrected chi connectivity index (χ2v) is 8.78. The van der Waals surface area contributed by atoms with Crippen LogP contribution in [0.15, 0.2) is 24.3 Å². The molecule has 1 aromatic carbocycles. The van der Waals surface area contributed by atoms with Crippen LogP contribution in [0.4, 0.5) is 0 Å². The number of thioether (sulfide) groups is 1. The highest BCUT2D eigenvalue weighted by atomic mass is 32.2. The molecule has 1 spiro atoms. The van der Waals surface area contributed by atoms with Gasteiger partial charge in [0.2, 0.25) is 11.8 Å².